The highest BCUT2D eigenvalue weighted by atomic mass is 16.3. The van der Waals surface area contributed by atoms with Gasteiger partial charge in [0.2, 0.25) is 5.91 Å². The Morgan fingerprint density at radius 1 is 1.16 bits per heavy atom. The topological polar surface area (TPSA) is 70.0 Å². The molecular formula is C20H20N2O3. The van der Waals surface area contributed by atoms with Gasteiger partial charge in [-0.2, -0.15) is 0 Å². The van der Waals surface area contributed by atoms with Gasteiger partial charge in [0.25, 0.3) is 5.91 Å². The molecule has 2 aromatic carbocycles. The molecule has 0 radical (unpaired) electrons. The Labute approximate surface area is 146 Å². The summed E-state index contributed by atoms with van der Waals surface area (Å²) < 4.78 is 0. The number of carbonyl (C=O) groups is 2. The molecule has 0 saturated heterocycles. The number of imide groups is 1. The molecule has 0 spiro atoms. The van der Waals surface area contributed by atoms with Gasteiger partial charge in [-0.3, -0.25) is 14.6 Å². The van der Waals surface area contributed by atoms with E-state index in [1.807, 2.05) is 26.0 Å². The van der Waals surface area contributed by atoms with Crippen molar-refractivity contribution in [3.05, 3.63) is 64.7 Å². The van der Waals surface area contributed by atoms with E-state index in [1.165, 1.54) is 11.1 Å². The lowest BCUT2D eigenvalue weighted by molar-refractivity contribution is -0.118. The van der Waals surface area contributed by atoms with E-state index in [-0.39, 0.29) is 25.0 Å². The zero-order valence-corrected chi connectivity index (χ0v) is 14.3. The maximum absolute atomic E-state index is 13.1. The minimum Gasteiger partial charge on any atom is -0.394 e. The summed E-state index contributed by atoms with van der Waals surface area (Å²) in [5.74, 6) is -1.28. The quantitative estimate of drug-likeness (QED) is 0.689. The van der Waals surface area contributed by atoms with E-state index >= 15 is 0 Å². The number of aliphatic hydroxyl groups is 1. The van der Waals surface area contributed by atoms with Crippen molar-refractivity contribution < 1.29 is 14.7 Å². The van der Waals surface area contributed by atoms with Crippen molar-refractivity contribution in [1.29, 1.82) is 0 Å². The standard InChI is InChI=1S/C20H20N2O3/c1-13-7-8-18(14(2)11-13)22-19(24)16-6-4-3-5-15(16)17(20(22)25)12-21-9-10-23/h3-8,11-12,17,23H,9-10H2,1-2H3/t17-/m0/s1. The molecule has 1 aliphatic heterocycles. The Kier molecular flexibility index (Phi) is 4.76. The minimum absolute atomic E-state index is 0.0846. The molecule has 128 valence electrons. The second kappa shape index (κ2) is 6.99. The molecule has 0 unspecified atom stereocenters. The van der Waals surface area contributed by atoms with Crippen LogP contribution >= 0.6 is 0 Å². The Morgan fingerprint density at radius 2 is 1.92 bits per heavy atom. The minimum atomic E-state index is -0.638. The first-order valence-electron chi connectivity index (χ1n) is 8.20. The van der Waals surface area contributed by atoms with Crippen LogP contribution in [0.25, 0.3) is 0 Å². The summed E-state index contributed by atoms with van der Waals surface area (Å²) in [5, 5.41) is 8.93. The van der Waals surface area contributed by atoms with Gasteiger partial charge < -0.3 is 5.11 Å². The average Bonchev–Trinajstić information content (AvgIpc) is 2.60. The average molecular weight is 336 g/mol. The van der Waals surface area contributed by atoms with Crippen molar-refractivity contribution in [1.82, 2.24) is 0 Å². The lowest BCUT2D eigenvalue weighted by atomic mass is 9.88. The number of aliphatic imine (C=N–C) groups is 1. The van der Waals surface area contributed by atoms with Gasteiger partial charge in [-0.1, -0.05) is 35.9 Å². The molecule has 5 nitrogen and oxygen atoms in total. The fourth-order valence-electron chi connectivity index (χ4n) is 3.12. The molecular weight excluding hydrogens is 316 g/mol. The third kappa shape index (κ3) is 3.10. The Hall–Kier alpha value is -2.79. The zero-order valence-electron chi connectivity index (χ0n) is 14.3. The third-order valence-electron chi connectivity index (χ3n) is 4.29. The molecule has 0 fully saturated rings. The summed E-state index contributed by atoms with van der Waals surface area (Å²) in [4.78, 5) is 31.4. The fourth-order valence-corrected chi connectivity index (χ4v) is 3.12. The molecule has 1 atom stereocenters. The number of benzene rings is 2. The van der Waals surface area contributed by atoms with E-state index in [0.29, 0.717) is 16.8 Å². The predicted molar refractivity (Wildman–Crippen MR) is 97.4 cm³/mol. The molecule has 0 aromatic heterocycles. The summed E-state index contributed by atoms with van der Waals surface area (Å²) in [6.07, 6.45) is 1.53. The first-order valence-corrected chi connectivity index (χ1v) is 8.20. The van der Waals surface area contributed by atoms with Crippen LogP contribution in [0.1, 0.15) is 33.0 Å². The van der Waals surface area contributed by atoms with E-state index in [9.17, 15) is 9.59 Å². The van der Waals surface area contributed by atoms with Gasteiger partial charge in [0.05, 0.1) is 24.8 Å². The summed E-state index contributed by atoms with van der Waals surface area (Å²) in [6.45, 7) is 4.00. The van der Waals surface area contributed by atoms with Crippen LogP contribution < -0.4 is 4.90 Å². The molecule has 1 N–H and O–H groups in total. The summed E-state index contributed by atoms with van der Waals surface area (Å²) >= 11 is 0. The molecule has 0 bridgehead atoms. The van der Waals surface area contributed by atoms with Crippen molar-refractivity contribution >= 4 is 23.7 Å². The number of hydrogen-bond acceptors (Lipinski definition) is 4. The Bertz CT molecular complexity index is 858. The predicted octanol–water partition coefficient (Wildman–Crippen LogP) is 2.64. The van der Waals surface area contributed by atoms with Crippen LogP contribution in [-0.4, -0.2) is 36.3 Å². The van der Waals surface area contributed by atoms with Crippen LogP contribution in [-0.2, 0) is 4.79 Å². The van der Waals surface area contributed by atoms with Gasteiger partial charge in [0.1, 0.15) is 0 Å². The maximum Gasteiger partial charge on any atom is 0.265 e. The zero-order chi connectivity index (χ0) is 18.0. The van der Waals surface area contributed by atoms with Crippen LogP contribution in [0, 0.1) is 13.8 Å². The fraction of sp³-hybridized carbons (Fsp3) is 0.250. The van der Waals surface area contributed by atoms with Crippen molar-refractivity contribution in [2.24, 2.45) is 4.99 Å². The van der Waals surface area contributed by atoms with Crippen LogP contribution in [0.2, 0.25) is 0 Å². The summed E-state index contributed by atoms with van der Waals surface area (Å²) in [5.41, 5.74) is 3.69. The van der Waals surface area contributed by atoms with E-state index in [0.717, 1.165) is 11.1 Å². The molecule has 2 aromatic rings. The molecule has 0 aliphatic carbocycles. The number of nitrogens with zero attached hydrogens (tertiary/aromatic N) is 2. The van der Waals surface area contributed by atoms with Crippen molar-refractivity contribution in [3.63, 3.8) is 0 Å². The van der Waals surface area contributed by atoms with Gasteiger partial charge in [-0.25, -0.2) is 4.90 Å². The van der Waals surface area contributed by atoms with E-state index in [1.54, 1.807) is 30.3 Å². The van der Waals surface area contributed by atoms with Crippen LogP contribution in [0.15, 0.2) is 47.5 Å². The number of carbonyl (C=O) groups excluding carboxylic acids is 2. The first-order chi connectivity index (χ1) is 12.0. The van der Waals surface area contributed by atoms with Crippen molar-refractivity contribution in [2.75, 3.05) is 18.1 Å². The second-order valence-corrected chi connectivity index (χ2v) is 6.11. The number of hydrogen-bond donors (Lipinski definition) is 1. The number of aliphatic hydroxyl groups excluding tert-OH is 1. The molecule has 25 heavy (non-hydrogen) atoms. The molecule has 5 heteroatoms. The molecule has 1 heterocycles. The summed E-state index contributed by atoms with van der Waals surface area (Å²) in [6, 6.07) is 12.7. The monoisotopic (exact) mass is 336 g/mol. The Morgan fingerprint density at radius 3 is 2.64 bits per heavy atom. The van der Waals surface area contributed by atoms with Crippen molar-refractivity contribution in [2.45, 2.75) is 19.8 Å². The van der Waals surface area contributed by atoms with Gasteiger partial charge in [-0.05, 0) is 37.1 Å². The number of amides is 2. The van der Waals surface area contributed by atoms with Crippen LogP contribution in [0.4, 0.5) is 5.69 Å². The number of aryl methyl sites for hydroxylation is 2. The van der Waals surface area contributed by atoms with E-state index in [2.05, 4.69) is 4.99 Å². The highest BCUT2D eigenvalue weighted by Gasteiger charge is 2.39. The van der Waals surface area contributed by atoms with Gasteiger partial charge >= 0.3 is 0 Å². The smallest absolute Gasteiger partial charge is 0.265 e. The number of anilines is 1. The number of fused-ring (bicyclic) bond motifs is 1. The normalized spacial score (nSPS) is 17.2. The van der Waals surface area contributed by atoms with Crippen LogP contribution in [0.3, 0.4) is 0 Å². The first kappa shape index (κ1) is 17.0. The molecule has 3 rings (SSSR count). The lowest BCUT2D eigenvalue weighted by Crippen LogP contribution is -2.45. The highest BCUT2D eigenvalue weighted by molar-refractivity contribution is 6.29. The maximum atomic E-state index is 13.1. The van der Waals surface area contributed by atoms with Gasteiger partial charge in [0.15, 0.2) is 0 Å². The Balaban J connectivity index is 2.12. The largest absolute Gasteiger partial charge is 0.394 e. The lowest BCUT2D eigenvalue weighted by Gasteiger charge is -2.31. The van der Waals surface area contributed by atoms with Gasteiger partial charge in [0, 0.05) is 11.8 Å². The molecule has 2 amide bonds. The second-order valence-electron chi connectivity index (χ2n) is 6.11. The number of rotatable bonds is 4. The van der Waals surface area contributed by atoms with Crippen LogP contribution in [0.5, 0.6) is 0 Å². The highest BCUT2D eigenvalue weighted by Crippen LogP contribution is 2.33. The summed E-state index contributed by atoms with van der Waals surface area (Å²) in [7, 11) is 0. The molecule has 0 saturated carbocycles. The van der Waals surface area contributed by atoms with E-state index in [4.69, 9.17) is 5.11 Å². The SMILES string of the molecule is Cc1ccc(N2C(=O)c3ccccc3[C@H](C=NCCO)C2=O)c(C)c1. The molecule has 1 aliphatic rings. The van der Waals surface area contributed by atoms with E-state index < -0.39 is 5.92 Å². The van der Waals surface area contributed by atoms with Gasteiger partial charge in [-0.15, -0.1) is 0 Å². The van der Waals surface area contributed by atoms with Crippen molar-refractivity contribution in [3.8, 4) is 0 Å². The third-order valence-corrected chi connectivity index (χ3v) is 4.29.